The first-order valence-corrected chi connectivity index (χ1v) is 8.38. The number of carbonyl (C=O) groups is 1. The van der Waals surface area contributed by atoms with Gasteiger partial charge in [-0.2, -0.15) is 0 Å². The Morgan fingerprint density at radius 2 is 1.74 bits per heavy atom. The second-order valence-corrected chi connectivity index (χ2v) is 6.58. The zero-order valence-electron chi connectivity index (χ0n) is 12.7. The van der Waals surface area contributed by atoms with Crippen LogP contribution in [-0.4, -0.2) is 12.5 Å². The monoisotopic (exact) mass is 371 g/mol. The number of hydrogen-bond acceptors (Lipinski definition) is 1. The van der Waals surface area contributed by atoms with E-state index in [0.29, 0.717) is 28.2 Å². The van der Waals surface area contributed by atoms with Crippen LogP contribution in [0.5, 0.6) is 0 Å². The standard InChI is InChI=1S/C17H17Cl3N2O/c1-11(15-7-6-14(19)8-16(15)20)21-10-17(23)22-9-12-2-4-13(18)5-3-12/h2-8,11,21H,9-10H2,1H3,(H,22,23)/p+1/t11-/m1/s1. The second kappa shape index (κ2) is 8.55. The van der Waals surface area contributed by atoms with Crippen LogP contribution in [0.25, 0.3) is 0 Å². The van der Waals surface area contributed by atoms with Crippen LogP contribution in [0.1, 0.15) is 24.1 Å². The van der Waals surface area contributed by atoms with E-state index in [1.807, 2.05) is 30.4 Å². The molecule has 2 aromatic rings. The third kappa shape index (κ3) is 5.70. The Morgan fingerprint density at radius 1 is 1.09 bits per heavy atom. The van der Waals surface area contributed by atoms with Gasteiger partial charge in [0.2, 0.25) is 0 Å². The van der Waals surface area contributed by atoms with Gasteiger partial charge in [-0.05, 0) is 36.8 Å². The summed E-state index contributed by atoms with van der Waals surface area (Å²) in [6, 6.07) is 12.9. The van der Waals surface area contributed by atoms with E-state index in [1.165, 1.54) is 0 Å². The van der Waals surface area contributed by atoms with Crippen molar-refractivity contribution in [1.29, 1.82) is 0 Å². The molecule has 0 saturated carbocycles. The first-order chi connectivity index (χ1) is 11.0. The molecular formula is C17H18Cl3N2O+. The molecule has 0 spiro atoms. The van der Waals surface area contributed by atoms with Crippen LogP contribution < -0.4 is 10.6 Å². The molecule has 0 aromatic heterocycles. The lowest BCUT2D eigenvalue weighted by Gasteiger charge is -2.13. The third-order valence-corrected chi connectivity index (χ3v) is 4.33. The predicted molar refractivity (Wildman–Crippen MR) is 95.0 cm³/mol. The molecule has 0 heterocycles. The minimum atomic E-state index is -0.0307. The lowest BCUT2D eigenvalue weighted by Crippen LogP contribution is -2.87. The molecule has 23 heavy (non-hydrogen) atoms. The van der Waals surface area contributed by atoms with Crippen molar-refractivity contribution < 1.29 is 10.1 Å². The highest BCUT2D eigenvalue weighted by Gasteiger charge is 2.14. The molecule has 0 fully saturated rings. The van der Waals surface area contributed by atoms with E-state index in [4.69, 9.17) is 34.8 Å². The Labute approximate surface area is 150 Å². The number of amides is 1. The Hall–Kier alpha value is -1.26. The van der Waals surface area contributed by atoms with Crippen LogP contribution >= 0.6 is 34.8 Å². The summed E-state index contributed by atoms with van der Waals surface area (Å²) in [5.74, 6) is -0.0307. The number of rotatable bonds is 6. The highest BCUT2D eigenvalue weighted by Crippen LogP contribution is 2.24. The summed E-state index contributed by atoms with van der Waals surface area (Å²) in [7, 11) is 0. The maximum Gasteiger partial charge on any atom is 0.275 e. The fraction of sp³-hybridized carbons (Fsp3) is 0.235. The molecule has 0 aliphatic heterocycles. The summed E-state index contributed by atoms with van der Waals surface area (Å²) < 4.78 is 0. The van der Waals surface area contributed by atoms with Gasteiger partial charge in [0.15, 0.2) is 6.54 Å². The van der Waals surface area contributed by atoms with Crippen LogP contribution in [0.3, 0.4) is 0 Å². The van der Waals surface area contributed by atoms with Crippen molar-refractivity contribution in [3.05, 3.63) is 68.7 Å². The Bertz CT molecular complexity index is 674. The highest BCUT2D eigenvalue weighted by atomic mass is 35.5. The van der Waals surface area contributed by atoms with E-state index in [9.17, 15) is 4.79 Å². The molecule has 1 amide bonds. The molecule has 3 N–H and O–H groups in total. The van der Waals surface area contributed by atoms with Gasteiger partial charge in [-0.1, -0.05) is 53.0 Å². The summed E-state index contributed by atoms with van der Waals surface area (Å²) in [5.41, 5.74) is 1.97. The fourth-order valence-electron chi connectivity index (χ4n) is 2.16. The van der Waals surface area contributed by atoms with Crippen molar-refractivity contribution in [2.45, 2.75) is 19.5 Å². The minimum Gasteiger partial charge on any atom is -0.347 e. The summed E-state index contributed by atoms with van der Waals surface area (Å²) in [6.07, 6.45) is 0. The molecule has 0 saturated heterocycles. The topological polar surface area (TPSA) is 45.7 Å². The van der Waals surface area contributed by atoms with Crippen molar-refractivity contribution in [1.82, 2.24) is 5.32 Å². The maximum atomic E-state index is 11.9. The maximum absolute atomic E-state index is 11.9. The van der Waals surface area contributed by atoms with Gasteiger partial charge in [-0.15, -0.1) is 0 Å². The minimum absolute atomic E-state index is 0.0307. The Kier molecular flexibility index (Phi) is 6.72. The van der Waals surface area contributed by atoms with E-state index < -0.39 is 0 Å². The quantitative estimate of drug-likeness (QED) is 0.800. The summed E-state index contributed by atoms with van der Waals surface area (Å²) >= 11 is 17.9. The Balaban J connectivity index is 1.80. The van der Waals surface area contributed by atoms with Gasteiger partial charge in [0, 0.05) is 22.2 Å². The predicted octanol–water partition coefficient (Wildman–Crippen LogP) is 3.59. The molecule has 2 rings (SSSR count). The van der Waals surface area contributed by atoms with E-state index in [-0.39, 0.29) is 11.9 Å². The van der Waals surface area contributed by atoms with Gasteiger partial charge in [0.25, 0.3) is 5.91 Å². The third-order valence-electron chi connectivity index (χ3n) is 3.51. The van der Waals surface area contributed by atoms with Crippen molar-refractivity contribution >= 4 is 40.7 Å². The molecule has 1 atom stereocenters. The molecule has 2 aromatic carbocycles. The van der Waals surface area contributed by atoms with Gasteiger partial charge < -0.3 is 10.6 Å². The van der Waals surface area contributed by atoms with Crippen LogP contribution in [0.15, 0.2) is 42.5 Å². The normalized spacial score (nSPS) is 12.0. The smallest absolute Gasteiger partial charge is 0.275 e. The number of nitrogens with two attached hydrogens (primary N) is 1. The number of quaternary nitrogens is 1. The van der Waals surface area contributed by atoms with Gasteiger partial charge in [0.05, 0.1) is 5.02 Å². The first kappa shape index (κ1) is 18.1. The molecule has 3 nitrogen and oxygen atoms in total. The average Bonchev–Trinajstić information content (AvgIpc) is 2.52. The van der Waals surface area contributed by atoms with Crippen molar-refractivity contribution in [3.8, 4) is 0 Å². The molecular weight excluding hydrogens is 355 g/mol. The zero-order chi connectivity index (χ0) is 16.8. The molecule has 122 valence electrons. The number of hydrogen-bond donors (Lipinski definition) is 2. The summed E-state index contributed by atoms with van der Waals surface area (Å²) in [6.45, 7) is 2.81. The van der Waals surface area contributed by atoms with Crippen LogP contribution in [0.4, 0.5) is 0 Å². The largest absolute Gasteiger partial charge is 0.347 e. The highest BCUT2D eigenvalue weighted by molar-refractivity contribution is 6.35. The fourth-order valence-corrected chi connectivity index (χ4v) is 2.86. The number of nitrogens with one attached hydrogen (secondary N) is 1. The molecule has 0 unspecified atom stereocenters. The second-order valence-electron chi connectivity index (χ2n) is 5.30. The van der Waals surface area contributed by atoms with Gasteiger partial charge in [0.1, 0.15) is 6.04 Å². The van der Waals surface area contributed by atoms with E-state index in [1.54, 1.807) is 24.3 Å². The average molecular weight is 373 g/mol. The van der Waals surface area contributed by atoms with Crippen LogP contribution in [0.2, 0.25) is 15.1 Å². The van der Waals surface area contributed by atoms with E-state index in [2.05, 4.69) is 5.32 Å². The lowest BCUT2D eigenvalue weighted by atomic mass is 10.1. The van der Waals surface area contributed by atoms with Crippen molar-refractivity contribution in [3.63, 3.8) is 0 Å². The first-order valence-electron chi connectivity index (χ1n) is 7.25. The molecule has 6 heteroatoms. The van der Waals surface area contributed by atoms with Crippen LogP contribution in [-0.2, 0) is 11.3 Å². The van der Waals surface area contributed by atoms with E-state index >= 15 is 0 Å². The van der Waals surface area contributed by atoms with Crippen LogP contribution in [0, 0.1) is 0 Å². The molecule has 0 bridgehead atoms. The van der Waals surface area contributed by atoms with Gasteiger partial charge in [-0.3, -0.25) is 4.79 Å². The molecule has 0 radical (unpaired) electrons. The Morgan fingerprint density at radius 3 is 2.39 bits per heavy atom. The number of benzene rings is 2. The van der Waals surface area contributed by atoms with Crippen molar-refractivity contribution in [2.24, 2.45) is 0 Å². The number of carbonyl (C=O) groups excluding carboxylic acids is 1. The van der Waals surface area contributed by atoms with Gasteiger partial charge >= 0.3 is 0 Å². The summed E-state index contributed by atoms with van der Waals surface area (Å²) in [4.78, 5) is 11.9. The molecule has 0 aliphatic rings. The molecule has 0 aliphatic carbocycles. The summed E-state index contributed by atoms with van der Waals surface area (Å²) in [5, 5.41) is 6.72. The van der Waals surface area contributed by atoms with E-state index in [0.717, 1.165) is 11.1 Å². The SMILES string of the molecule is C[C@@H]([NH2+]CC(=O)NCc1ccc(Cl)cc1)c1ccc(Cl)cc1Cl. The van der Waals surface area contributed by atoms with Gasteiger partial charge in [-0.25, -0.2) is 0 Å². The number of halogens is 3. The van der Waals surface area contributed by atoms with Crippen molar-refractivity contribution in [2.75, 3.05) is 6.54 Å². The zero-order valence-corrected chi connectivity index (χ0v) is 14.9. The lowest BCUT2D eigenvalue weighted by molar-refractivity contribution is -0.682.